The van der Waals surface area contributed by atoms with E-state index in [0.29, 0.717) is 6.42 Å². The van der Waals surface area contributed by atoms with Gasteiger partial charge in [0.1, 0.15) is 0 Å². The molecule has 0 spiro atoms. The maximum absolute atomic E-state index is 13.4. The van der Waals surface area contributed by atoms with Gasteiger partial charge in [-0.3, -0.25) is 9.89 Å². The van der Waals surface area contributed by atoms with E-state index >= 15 is 0 Å². The first-order chi connectivity index (χ1) is 12.5. The Hall–Kier alpha value is -2.36. The molecule has 2 N–H and O–H groups in total. The molecule has 0 saturated heterocycles. The summed E-state index contributed by atoms with van der Waals surface area (Å²) in [4.78, 5) is 13.4. The summed E-state index contributed by atoms with van der Waals surface area (Å²) in [6.45, 7) is 13.1. The minimum atomic E-state index is -0.514. The lowest BCUT2D eigenvalue weighted by Gasteiger charge is -2.44. The number of fused-ring (bicyclic) bond motifs is 1. The zero-order chi connectivity index (χ0) is 19.6. The molecule has 4 rings (SSSR count). The van der Waals surface area contributed by atoms with Crippen molar-refractivity contribution < 1.29 is 4.79 Å². The Bertz CT molecular complexity index is 944. The van der Waals surface area contributed by atoms with Crippen LogP contribution in [0.2, 0.25) is 0 Å². The van der Waals surface area contributed by atoms with Crippen molar-refractivity contribution >= 4 is 11.6 Å². The van der Waals surface area contributed by atoms with Crippen molar-refractivity contribution in [3.8, 4) is 0 Å². The summed E-state index contributed by atoms with van der Waals surface area (Å²) in [7, 11) is 0. The maximum atomic E-state index is 13.4. The molecule has 0 fully saturated rings. The van der Waals surface area contributed by atoms with E-state index in [9.17, 15) is 4.79 Å². The highest BCUT2D eigenvalue weighted by molar-refractivity contribution is 6.03. The molecule has 2 aliphatic rings. The van der Waals surface area contributed by atoms with E-state index in [1.807, 2.05) is 6.07 Å². The predicted octanol–water partition coefficient (Wildman–Crippen LogP) is 5.08. The van der Waals surface area contributed by atoms with Gasteiger partial charge in [0.05, 0.1) is 5.41 Å². The van der Waals surface area contributed by atoms with Crippen molar-refractivity contribution in [2.24, 2.45) is 5.41 Å². The molecular formula is C23H29N3O. The largest absolute Gasteiger partial charge is 0.342 e. The zero-order valence-electron chi connectivity index (χ0n) is 17.2. The van der Waals surface area contributed by atoms with Crippen LogP contribution in [-0.2, 0) is 15.6 Å². The summed E-state index contributed by atoms with van der Waals surface area (Å²) in [6, 6.07) is 10.4. The standard InChI is InChI=1S/C23H29N3O/c1-21(2,3)19-18-20(26-25-19)24-15-12-22(4,5)13-16(27)17(15)23(18,6)14-10-8-7-9-11-14/h7-11H,12-13H2,1-6H3,(H2,24,25,26). The normalized spacial score (nSPS) is 24.3. The van der Waals surface area contributed by atoms with Gasteiger partial charge in [0.2, 0.25) is 0 Å². The van der Waals surface area contributed by atoms with Crippen molar-refractivity contribution in [2.45, 2.75) is 65.2 Å². The number of hydrogen-bond acceptors (Lipinski definition) is 3. The molecule has 0 radical (unpaired) electrons. The Labute approximate surface area is 161 Å². The van der Waals surface area contributed by atoms with Crippen LogP contribution in [-0.4, -0.2) is 16.0 Å². The molecule has 2 heterocycles. The first-order valence-corrected chi connectivity index (χ1v) is 9.73. The summed E-state index contributed by atoms with van der Waals surface area (Å²) in [5.41, 5.74) is 4.61. The molecule has 4 nitrogen and oxygen atoms in total. The molecule has 4 heteroatoms. The van der Waals surface area contributed by atoms with Gasteiger partial charge in [-0.25, -0.2) is 0 Å². The molecular weight excluding hydrogens is 334 g/mol. The van der Waals surface area contributed by atoms with Crippen LogP contribution in [0.4, 0.5) is 5.82 Å². The van der Waals surface area contributed by atoms with Crippen LogP contribution in [0.15, 0.2) is 41.6 Å². The van der Waals surface area contributed by atoms with E-state index in [4.69, 9.17) is 0 Å². The Balaban J connectivity index is 2.05. The predicted molar refractivity (Wildman–Crippen MR) is 109 cm³/mol. The summed E-state index contributed by atoms with van der Waals surface area (Å²) < 4.78 is 0. The molecule has 1 aliphatic carbocycles. The number of anilines is 1. The van der Waals surface area contributed by atoms with Gasteiger partial charge in [-0.15, -0.1) is 0 Å². The molecule has 1 unspecified atom stereocenters. The van der Waals surface area contributed by atoms with E-state index < -0.39 is 5.41 Å². The fourth-order valence-corrected chi connectivity index (χ4v) is 4.80. The number of benzene rings is 1. The van der Waals surface area contributed by atoms with Gasteiger partial charge in [-0.1, -0.05) is 65.0 Å². The monoisotopic (exact) mass is 363 g/mol. The van der Waals surface area contributed by atoms with Crippen molar-refractivity contribution in [3.63, 3.8) is 0 Å². The third kappa shape index (κ3) is 2.65. The third-order valence-electron chi connectivity index (χ3n) is 6.01. The molecule has 1 atom stereocenters. The van der Waals surface area contributed by atoms with Crippen molar-refractivity contribution in [3.05, 3.63) is 58.4 Å². The molecule has 1 aliphatic heterocycles. The molecule has 1 aromatic heterocycles. The third-order valence-corrected chi connectivity index (χ3v) is 6.01. The molecule has 2 aromatic rings. The van der Waals surface area contributed by atoms with Crippen LogP contribution in [0, 0.1) is 5.41 Å². The van der Waals surface area contributed by atoms with E-state index in [1.54, 1.807) is 0 Å². The van der Waals surface area contributed by atoms with Gasteiger partial charge in [0.15, 0.2) is 11.6 Å². The smallest absolute Gasteiger partial charge is 0.162 e. The number of carbonyl (C=O) groups is 1. The van der Waals surface area contributed by atoms with E-state index in [-0.39, 0.29) is 16.6 Å². The minimum absolute atomic E-state index is 0.0405. The second-order valence-corrected chi connectivity index (χ2v) is 9.98. The molecule has 0 amide bonds. The Kier molecular flexibility index (Phi) is 3.72. The van der Waals surface area contributed by atoms with Gasteiger partial charge in [0, 0.05) is 34.4 Å². The number of carbonyl (C=O) groups excluding carboxylic acids is 1. The molecule has 1 aromatic carbocycles. The topological polar surface area (TPSA) is 57.8 Å². The fourth-order valence-electron chi connectivity index (χ4n) is 4.80. The average Bonchev–Trinajstić information content (AvgIpc) is 2.98. The number of nitrogens with one attached hydrogen (secondary N) is 2. The van der Waals surface area contributed by atoms with Gasteiger partial charge in [-0.2, -0.15) is 5.10 Å². The van der Waals surface area contributed by atoms with Crippen LogP contribution in [0.25, 0.3) is 0 Å². The fraction of sp³-hybridized carbons (Fsp3) is 0.478. The molecule has 142 valence electrons. The van der Waals surface area contributed by atoms with Crippen LogP contribution >= 0.6 is 0 Å². The van der Waals surface area contributed by atoms with E-state index in [0.717, 1.165) is 40.3 Å². The van der Waals surface area contributed by atoms with E-state index in [2.05, 4.69) is 81.3 Å². The average molecular weight is 364 g/mol. The first kappa shape index (κ1) is 18.0. The Morgan fingerprint density at radius 2 is 1.70 bits per heavy atom. The highest BCUT2D eigenvalue weighted by Gasteiger charge is 2.50. The van der Waals surface area contributed by atoms with Crippen molar-refractivity contribution in [1.82, 2.24) is 10.2 Å². The maximum Gasteiger partial charge on any atom is 0.162 e. The van der Waals surface area contributed by atoms with Gasteiger partial charge < -0.3 is 5.32 Å². The number of H-pyrrole nitrogens is 1. The number of nitrogens with zero attached hydrogens (tertiary/aromatic N) is 1. The molecule has 0 bridgehead atoms. The summed E-state index contributed by atoms with van der Waals surface area (Å²) in [6.07, 6.45) is 1.43. The lowest BCUT2D eigenvalue weighted by atomic mass is 9.60. The number of aromatic amines is 1. The molecule has 27 heavy (non-hydrogen) atoms. The quantitative estimate of drug-likeness (QED) is 0.743. The number of allylic oxidation sites excluding steroid dienone is 2. The Morgan fingerprint density at radius 3 is 2.33 bits per heavy atom. The summed E-state index contributed by atoms with van der Waals surface area (Å²) in [5.74, 6) is 1.10. The van der Waals surface area contributed by atoms with Gasteiger partial charge in [-0.05, 0) is 24.3 Å². The first-order valence-electron chi connectivity index (χ1n) is 9.73. The number of ketones is 1. The molecule has 0 saturated carbocycles. The highest BCUT2D eigenvalue weighted by Crippen LogP contribution is 2.54. The van der Waals surface area contributed by atoms with Crippen molar-refractivity contribution in [2.75, 3.05) is 5.32 Å². The highest BCUT2D eigenvalue weighted by atomic mass is 16.1. The van der Waals surface area contributed by atoms with E-state index in [1.165, 1.54) is 0 Å². The SMILES string of the molecule is CC1(C)CC(=O)C2=C(C1)Nc1n[nH]c(C(C)(C)C)c1C2(C)c1ccccc1. The number of aromatic nitrogens is 2. The zero-order valence-corrected chi connectivity index (χ0v) is 17.2. The lowest BCUT2D eigenvalue weighted by Crippen LogP contribution is -2.42. The van der Waals surface area contributed by atoms with Crippen molar-refractivity contribution in [1.29, 1.82) is 0 Å². The van der Waals surface area contributed by atoms with Gasteiger partial charge in [0.25, 0.3) is 0 Å². The number of hydrogen-bond donors (Lipinski definition) is 2. The van der Waals surface area contributed by atoms with Crippen LogP contribution in [0.3, 0.4) is 0 Å². The summed E-state index contributed by atoms with van der Waals surface area (Å²) in [5, 5.41) is 11.4. The van der Waals surface area contributed by atoms with Gasteiger partial charge >= 0.3 is 0 Å². The van der Waals surface area contributed by atoms with Crippen LogP contribution in [0.1, 0.15) is 71.2 Å². The Morgan fingerprint density at radius 1 is 1.04 bits per heavy atom. The number of rotatable bonds is 1. The summed E-state index contributed by atoms with van der Waals surface area (Å²) >= 11 is 0. The minimum Gasteiger partial charge on any atom is -0.342 e. The number of Topliss-reactive ketones (excluding diaryl/α,β-unsaturated/α-hetero) is 1. The second kappa shape index (κ2) is 5.57. The van der Waals surface area contributed by atoms with Crippen LogP contribution < -0.4 is 5.32 Å². The lowest BCUT2D eigenvalue weighted by molar-refractivity contribution is -0.118. The van der Waals surface area contributed by atoms with Crippen LogP contribution in [0.5, 0.6) is 0 Å². The second-order valence-electron chi connectivity index (χ2n) is 9.98.